The van der Waals surface area contributed by atoms with Gasteiger partial charge in [-0.1, -0.05) is 0 Å². The maximum atomic E-state index is 12.1. The van der Waals surface area contributed by atoms with E-state index in [2.05, 4.69) is 21.2 Å². The molecule has 0 saturated heterocycles. The van der Waals surface area contributed by atoms with Gasteiger partial charge in [0.15, 0.2) is 0 Å². The summed E-state index contributed by atoms with van der Waals surface area (Å²) in [5, 5.41) is 11.8. The van der Waals surface area contributed by atoms with E-state index in [9.17, 15) is 9.59 Å². The number of rotatable bonds is 4. The smallest absolute Gasteiger partial charge is 0.306 e. The van der Waals surface area contributed by atoms with Crippen LogP contribution in [0.5, 0.6) is 5.75 Å². The summed E-state index contributed by atoms with van der Waals surface area (Å²) in [7, 11) is 1.56. The SMILES string of the molecule is COc1cc(NC(=O)[C@@H]2CC[C@H](C(=O)O)C2)ccc1Br. The van der Waals surface area contributed by atoms with Crippen molar-refractivity contribution < 1.29 is 19.4 Å². The van der Waals surface area contributed by atoms with Crippen LogP contribution in [-0.4, -0.2) is 24.1 Å². The van der Waals surface area contributed by atoms with Crippen LogP contribution in [0.1, 0.15) is 19.3 Å². The second kappa shape index (κ2) is 6.26. The van der Waals surface area contributed by atoms with Crippen LogP contribution < -0.4 is 10.1 Å². The van der Waals surface area contributed by atoms with Gasteiger partial charge in [0.2, 0.25) is 5.91 Å². The fourth-order valence-electron chi connectivity index (χ4n) is 2.43. The van der Waals surface area contributed by atoms with Crippen LogP contribution in [0.25, 0.3) is 0 Å². The Morgan fingerprint density at radius 2 is 2.05 bits per heavy atom. The minimum Gasteiger partial charge on any atom is -0.495 e. The minimum absolute atomic E-state index is 0.127. The maximum Gasteiger partial charge on any atom is 0.306 e. The van der Waals surface area contributed by atoms with Crippen molar-refractivity contribution in [1.29, 1.82) is 0 Å². The summed E-state index contributed by atoms with van der Waals surface area (Å²) in [6.45, 7) is 0. The van der Waals surface area contributed by atoms with Crippen LogP contribution >= 0.6 is 15.9 Å². The van der Waals surface area contributed by atoms with Crippen LogP contribution in [0.15, 0.2) is 22.7 Å². The third-order valence-corrected chi connectivity index (χ3v) is 4.23. The molecule has 0 spiro atoms. The first kappa shape index (κ1) is 14.8. The Labute approximate surface area is 125 Å². The van der Waals surface area contributed by atoms with E-state index >= 15 is 0 Å². The molecule has 1 amide bonds. The Morgan fingerprint density at radius 3 is 2.65 bits per heavy atom. The van der Waals surface area contributed by atoms with Crippen molar-refractivity contribution >= 4 is 33.5 Å². The molecule has 1 fully saturated rings. The van der Waals surface area contributed by atoms with Crippen molar-refractivity contribution in [2.45, 2.75) is 19.3 Å². The van der Waals surface area contributed by atoms with Crippen molar-refractivity contribution in [1.82, 2.24) is 0 Å². The molecule has 1 aliphatic rings. The lowest BCUT2D eigenvalue weighted by atomic mass is 10.0. The summed E-state index contributed by atoms with van der Waals surface area (Å²) in [6, 6.07) is 5.29. The second-order valence-electron chi connectivity index (χ2n) is 4.88. The van der Waals surface area contributed by atoms with Gasteiger partial charge in [0.25, 0.3) is 0 Å². The predicted octanol–water partition coefficient (Wildman–Crippen LogP) is 2.90. The number of benzene rings is 1. The summed E-state index contributed by atoms with van der Waals surface area (Å²) < 4.78 is 5.98. The van der Waals surface area contributed by atoms with Gasteiger partial charge in [0.1, 0.15) is 5.75 Å². The number of carbonyl (C=O) groups excluding carboxylic acids is 1. The summed E-state index contributed by atoms with van der Waals surface area (Å²) in [5.74, 6) is -0.933. The maximum absolute atomic E-state index is 12.1. The standard InChI is InChI=1S/C14H16BrNO4/c1-20-12-7-10(4-5-11(12)15)16-13(17)8-2-3-9(6-8)14(18)19/h4-5,7-9H,2-3,6H2,1H3,(H,16,17)(H,18,19)/t8-,9+/m1/s1. The van der Waals surface area contributed by atoms with E-state index in [1.807, 2.05) is 0 Å². The molecule has 2 N–H and O–H groups in total. The Morgan fingerprint density at radius 1 is 1.35 bits per heavy atom. The number of carboxylic acids is 1. The molecule has 0 aromatic heterocycles. The lowest BCUT2D eigenvalue weighted by molar-refractivity contribution is -0.141. The van der Waals surface area contributed by atoms with Gasteiger partial charge in [-0.15, -0.1) is 0 Å². The third-order valence-electron chi connectivity index (χ3n) is 3.57. The number of methoxy groups -OCH3 is 1. The van der Waals surface area contributed by atoms with Crippen LogP contribution in [0.3, 0.4) is 0 Å². The molecular formula is C14H16BrNO4. The predicted molar refractivity (Wildman–Crippen MR) is 77.8 cm³/mol. The highest BCUT2D eigenvalue weighted by molar-refractivity contribution is 9.10. The number of halogens is 1. The minimum atomic E-state index is -0.814. The lowest BCUT2D eigenvalue weighted by Crippen LogP contribution is -2.21. The van der Waals surface area contributed by atoms with Crippen molar-refractivity contribution in [2.75, 3.05) is 12.4 Å². The molecule has 0 bridgehead atoms. The summed E-state index contributed by atoms with van der Waals surface area (Å²) >= 11 is 3.34. The average Bonchev–Trinajstić information content (AvgIpc) is 2.91. The highest BCUT2D eigenvalue weighted by Gasteiger charge is 2.33. The number of carboxylic acid groups (broad SMARTS) is 1. The van der Waals surface area contributed by atoms with E-state index in [4.69, 9.17) is 9.84 Å². The third kappa shape index (κ3) is 3.30. The Bertz CT molecular complexity index is 532. The van der Waals surface area contributed by atoms with Crippen LogP contribution in [0.4, 0.5) is 5.69 Å². The van der Waals surface area contributed by atoms with Gasteiger partial charge < -0.3 is 15.2 Å². The molecule has 0 aliphatic heterocycles. The normalized spacial score (nSPS) is 21.5. The molecule has 0 radical (unpaired) electrons. The van der Waals surface area contributed by atoms with Gasteiger partial charge in [-0.25, -0.2) is 0 Å². The van der Waals surface area contributed by atoms with Gasteiger partial charge in [0, 0.05) is 17.7 Å². The zero-order chi connectivity index (χ0) is 14.7. The summed E-state index contributed by atoms with van der Waals surface area (Å²) in [5.41, 5.74) is 0.647. The lowest BCUT2D eigenvalue weighted by Gasteiger charge is -2.12. The van der Waals surface area contributed by atoms with Crippen LogP contribution in [0, 0.1) is 11.8 Å². The summed E-state index contributed by atoms with van der Waals surface area (Å²) in [4.78, 5) is 23.0. The number of nitrogens with one attached hydrogen (secondary N) is 1. The number of amides is 1. The first-order valence-electron chi connectivity index (χ1n) is 6.38. The topological polar surface area (TPSA) is 75.6 Å². The molecule has 0 heterocycles. The van der Waals surface area contributed by atoms with E-state index < -0.39 is 11.9 Å². The molecule has 1 saturated carbocycles. The molecule has 1 aliphatic carbocycles. The number of aliphatic carboxylic acids is 1. The first-order chi connectivity index (χ1) is 9.51. The molecule has 5 nitrogen and oxygen atoms in total. The van der Waals surface area contributed by atoms with Crippen LogP contribution in [0.2, 0.25) is 0 Å². The van der Waals surface area contributed by atoms with Crippen molar-refractivity contribution in [3.8, 4) is 5.75 Å². The zero-order valence-corrected chi connectivity index (χ0v) is 12.6. The second-order valence-corrected chi connectivity index (χ2v) is 5.74. The van der Waals surface area contributed by atoms with Gasteiger partial charge >= 0.3 is 5.97 Å². The molecule has 0 unspecified atom stereocenters. The molecule has 1 aromatic rings. The number of hydrogen-bond acceptors (Lipinski definition) is 3. The van der Waals surface area contributed by atoms with E-state index in [1.165, 1.54) is 0 Å². The number of carbonyl (C=O) groups is 2. The Hall–Kier alpha value is -1.56. The van der Waals surface area contributed by atoms with E-state index in [-0.39, 0.29) is 11.8 Å². The van der Waals surface area contributed by atoms with Gasteiger partial charge in [-0.2, -0.15) is 0 Å². The average molecular weight is 342 g/mol. The molecule has 2 atom stereocenters. The highest BCUT2D eigenvalue weighted by atomic mass is 79.9. The van der Waals surface area contributed by atoms with Gasteiger partial charge in [0.05, 0.1) is 17.5 Å². The van der Waals surface area contributed by atoms with E-state index in [0.29, 0.717) is 30.7 Å². The molecule has 108 valence electrons. The van der Waals surface area contributed by atoms with Crippen molar-refractivity contribution in [3.05, 3.63) is 22.7 Å². The fraction of sp³-hybridized carbons (Fsp3) is 0.429. The van der Waals surface area contributed by atoms with Crippen LogP contribution in [-0.2, 0) is 9.59 Å². The monoisotopic (exact) mass is 341 g/mol. The molecule has 1 aromatic carbocycles. The zero-order valence-electron chi connectivity index (χ0n) is 11.1. The molecule has 20 heavy (non-hydrogen) atoms. The Kier molecular flexibility index (Phi) is 4.65. The van der Waals surface area contributed by atoms with E-state index in [1.54, 1.807) is 25.3 Å². The summed E-state index contributed by atoms with van der Waals surface area (Å²) in [6.07, 6.45) is 1.60. The fourth-order valence-corrected chi connectivity index (χ4v) is 2.83. The molecule has 6 heteroatoms. The number of anilines is 1. The van der Waals surface area contributed by atoms with Crippen molar-refractivity contribution in [3.63, 3.8) is 0 Å². The quantitative estimate of drug-likeness (QED) is 0.882. The largest absolute Gasteiger partial charge is 0.495 e. The Balaban J connectivity index is 2.00. The molecule has 2 rings (SSSR count). The van der Waals surface area contributed by atoms with Gasteiger partial charge in [-0.3, -0.25) is 9.59 Å². The molecular weight excluding hydrogens is 326 g/mol. The first-order valence-corrected chi connectivity index (χ1v) is 7.17. The highest BCUT2D eigenvalue weighted by Crippen LogP contribution is 2.33. The number of ether oxygens (including phenoxy) is 1. The van der Waals surface area contributed by atoms with E-state index in [0.717, 1.165) is 4.47 Å². The van der Waals surface area contributed by atoms with Gasteiger partial charge in [-0.05, 0) is 47.3 Å². The van der Waals surface area contributed by atoms with Crippen molar-refractivity contribution in [2.24, 2.45) is 11.8 Å². The number of hydrogen-bond donors (Lipinski definition) is 2.